The molecule has 124 valence electrons. The van der Waals surface area contributed by atoms with E-state index in [1.165, 1.54) is 6.33 Å². The van der Waals surface area contributed by atoms with Gasteiger partial charge in [0.2, 0.25) is 0 Å². The second kappa shape index (κ2) is 5.39. The molecule has 0 spiro atoms. The molecule has 0 unspecified atom stereocenters. The topological polar surface area (TPSA) is 78.6 Å². The van der Waals surface area contributed by atoms with Crippen LogP contribution in [0, 0.1) is 5.92 Å². The molecule has 8 heteroatoms. The van der Waals surface area contributed by atoms with Gasteiger partial charge in [0, 0.05) is 12.1 Å². The molecule has 4 heterocycles. The van der Waals surface area contributed by atoms with Crippen molar-refractivity contribution in [1.82, 2.24) is 14.5 Å². The molecule has 0 bridgehead atoms. The third-order valence-electron chi connectivity index (χ3n) is 4.45. The maximum atomic E-state index is 9.62. The minimum Gasteiger partial charge on any atom is -0.394 e. The van der Waals surface area contributed by atoms with Crippen LogP contribution in [0.2, 0.25) is 5.15 Å². The average molecular weight is 340 g/mol. The molecule has 23 heavy (non-hydrogen) atoms. The molecule has 1 N–H and O–H groups in total. The molecule has 2 aromatic heterocycles. The molecule has 0 saturated carbocycles. The number of aliphatic hydroxyl groups excluding tert-OH is 1. The standard InChI is InChI=1S/C15H18ClN3O4/c1-15(2)21-6-9-10(5-20)22-14(11(9)23-15)19-4-3-8-12(16)17-7-18-13(8)19/h3-4,7,9-11,14,20H,5-6H2,1-2H3/t9-,10-,11-,14-/m1/s1. The number of aromatic nitrogens is 3. The number of halogens is 1. The van der Waals surface area contributed by atoms with Gasteiger partial charge in [0.05, 0.1) is 24.7 Å². The van der Waals surface area contributed by atoms with E-state index in [1.54, 1.807) is 0 Å². The molecule has 2 saturated heterocycles. The van der Waals surface area contributed by atoms with E-state index in [2.05, 4.69) is 9.97 Å². The summed E-state index contributed by atoms with van der Waals surface area (Å²) in [5.74, 6) is -0.726. The number of hydrogen-bond donors (Lipinski definition) is 1. The molecule has 0 aromatic carbocycles. The summed E-state index contributed by atoms with van der Waals surface area (Å²) < 4.78 is 19.7. The van der Waals surface area contributed by atoms with Crippen molar-refractivity contribution in [1.29, 1.82) is 0 Å². The summed E-state index contributed by atoms with van der Waals surface area (Å²) in [6.07, 6.45) is 2.31. The summed E-state index contributed by atoms with van der Waals surface area (Å²) >= 11 is 6.12. The Kier molecular flexibility index (Phi) is 3.58. The molecule has 2 aliphatic heterocycles. The monoisotopic (exact) mass is 339 g/mol. The molecule has 4 atom stereocenters. The van der Waals surface area contributed by atoms with Crippen LogP contribution in [0.25, 0.3) is 11.0 Å². The van der Waals surface area contributed by atoms with Gasteiger partial charge in [-0.1, -0.05) is 11.6 Å². The SMILES string of the molecule is CC1(C)OC[C@H]2[C@@H](O1)[C@H](n1ccc3c(Cl)ncnc31)O[C@@H]2CO. The van der Waals surface area contributed by atoms with E-state index in [0.29, 0.717) is 17.4 Å². The highest BCUT2D eigenvalue weighted by Gasteiger charge is 2.51. The lowest BCUT2D eigenvalue weighted by atomic mass is 9.97. The maximum absolute atomic E-state index is 9.62. The van der Waals surface area contributed by atoms with Crippen molar-refractivity contribution in [2.45, 2.75) is 38.1 Å². The molecular weight excluding hydrogens is 322 g/mol. The fraction of sp³-hybridized carbons (Fsp3) is 0.600. The Balaban J connectivity index is 1.76. The summed E-state index contributed by atoms with van der Waals surface area (Å²) in [5, 5.41) is 10.8. The van der Waals surface area contributed by atoms with Crippen molar-refractivity contribution < 1.29 is 19.3 Å². The Bertz CT molecular complexity index is 735. The predicted octanol–water partition coefficient (Wildman–Crippen LogP) is 1.74. The molecule has 4 rings (SSSR count). The number of nitrogens with zero attached hydrogens (tertiary/aromatic N) is 3. The first kappa shape index (κ1) is 15.3. The lowest BCUT2D eigenvalue weighted by molar-refractivity contribution is -0.295. The second-order valence-electron chi connectivity index (χ2n) is 6.33. The van der Waals surface area contributed by atoms with Crippen LogP contribution < -0.4 is 0 Å². The van der Waals surface area contributed by atoms with Crippen molar-refractivity contribution >= 4 is 22.6 Å². The maximum Gasteiger partial charge on any atom is 0.163 e. The first-order valence-electron chi connectivity index (χ1n) is 7.55. The zero-order valence-corrected chi connectivity index (χ0v) is 13.6. The Hall–Kier alpha value is -1.25. The van der Waals surface area contributed by atoms with Crippen molar-refractivity contribution in [2.75, 3.05) is 13.2 Å². The minimum atomic E-state index is -0.692. The van der Waals surface area contributed by atoms with Crippen LogP contribution in [0.4, 0.5) is 0 Å². The van der Waals surface area contributed by atoms with Crippen molar-refractivity contribution in [2.24, 2.45) is 5.92 Å². The predicted molar refractivity (Wildman–Crippen MR) is 81.9 cm³/mol. The normalized spacial score (nSPS) is 33.0. The van der Waals surface area contributed by atoms with Gasteiger partial charge in [0.1, 0.15) is 23.2 Å². The summed E-state index contributed by atoms with van der Waals surface area (Å²) in [7, 11) is 0. The van der Waals surface area contributed by atoms with E-state index in [0.717, 1.165) is 5.39 Å². The van der Waals surface area contributed by atoms with E-state index in [9.17, 15) is 5.11 Å². The van der Waals surface area contributed by atoms with E-state index >= 15 is 0 Å². The van der Waals surface area contributed by atoms with Gasteiger partial charge in [-0.3, -0.25) is 0 Å². The zero-order valence-electron chi connectivity index (χ0n) is 12.8. The largest absolute Gasteiger partial charge is 0.394 e. The van der Waals surface area contributed by atoms with Gasteiger partial charge in [-0.25, -0.2) is 9.97 Å². The lowest BCUT2D eigenvalue weighted by Crippen LogP contribution is -2.48. The van der Waals surface area contributed by atoms with Crippen molar-refractivity contribution in [3.8, 4) is 0 Å². The van der Waals surface area contributed by atoms with Gasteiger partial charge < -0.3 is 23.9 Å². The fourth-order valence-corrected chi connectivity index (χ4v) is 3.53. The van der Waals surface area contributed by atoms with Gasteiger partial charge in [0.15, 0.2) is 12.0 Å². The number of fused-ring (bicyclic) bond motifs is 2. The van der Waals surface area contributed by atoms with Crippen LogP contribution in [0.1, 0.15) is 20.1 Å². The highest BCUT2D eigenvalue weighted by molar-refractivity contribution is 6.33. The molecule has 2 fully saturated rings. The summed E-state index contributed by atoms with van der Waals surface area (Å²) in [6, 6.07) is 1.85. The summed E-state index contributed by atoms with van der Waals surface area (Å²) in [5.41, 5.74) is 0.681. The zero-order chi connectivity index (χ0) is 16.2. The van der Waals surface area contributed by atoms with Crippen LogP contribution in [-0.2, 0) is 14.2 Å². The molecule has 2 aliphatic rings. The molecule has 0 aliphatic carbocycles. The molecule has 2 aromatic rings. The Morgan fingerprint density at radius 1 is 1.43 bits per heavy atom. The molecule has 7 nitrogen and oxygen atoms in total. The highest BCUT2D eigenvalue weighted by atomic mass is 35.5. The Morgan fingerprint density at radius 2 is 2.26 bits per heavy atom. The highest BCUT2D eigenvalue weighted by Crippen LogP contribution is 2.43. The molecule has 0 amide bonds. The van der Waals surface area contributed by atoms with Gasteiger partial charge >= 0.3 is 0 Å². The van der Waals surface area contributed by atoms with Gasteiger partial charge in [-0.15, -0.1) is 0 Å². The van der Waals surface area contributed by atoms with Crippen LogP contribution in [0.5, 0.6) is 0 Å². The number of rotatable bonds is 2. The van der Waals surface area contributed by atoms with E-state index in [-0.39, 0.29) is 24.7 Å². The molecule has 0 radical (unpaired) electrons. The van der Waals surface area contributed by atoms with E-state index in [1.807, 2.05) is 30.7 Å². The van der Waals surface area contributed by atoms with Crippen LogP contribution >= 0.6 is 11.6 Å². The van der Waals surface area contributed by atoms with Crippen molar-refractivity contribution in [3.63, 3.8) is 0 Å². The van der Waals surface area contributed by atoms with Crippen LogP contribution in [-0.4, -0.2) is 50.9 Å². The third-order valence-corrected chi connectivity index (χ3v) is 4.75. The third kappa shape index (κ3) is 2.43. The van der Waals surface area contributed by atoms with Crippen LogP contribution in [0.3, 0.4) is 0 Å². The quantitative estimate of drug-likeness (QED) is 0.840. The number of ether oxygens (including phenoxy) is 3. The molecular formula is C15H18ClN3O4. The number of hydrogen-bond acceptors (Lipinski definition) is 6. The summed E-state index contributed by atoms with van der Waals surface area (Å²) in [6.45, 7) is 4.15. The smallest absolute Gasteiger partial charge is 0.163 e. The van der Waals surface area contributed by atoms with Crippen molar-refractivity contribution in [3.05, 3.63) is 23.7 Å². The number of aliphatic hydroxyl groups is 1. The van der Waals surface area contributed by atoms with E-state index < -0.39 is 12.0 Å². The summed E-state index contributed by atoms with van der Waals surface area (Å²) in [4.78, 5) is 8.30. The first-order chi connectivity index (χ1) is 11.0. The first-order valence-corrected chi connectivity index (χ1v) is 7.93. The van der Waals surface area contributed by atoms with Gasteiger partial charge in [-0.2, -0.15) is 0 Å². The Labute approximate surface area is 138 Å². The Morgan fingerprint density at radius 3 is 3.04 bits per heavy atom. The average Bonchev–Trinajstić information content (AvgIpc) is 3.07. The van der Waals surface area contributed by atoms with Crippen LogP contribution in [0.15, 0.2) is 18.6 Å². The van der Waals surface area contributed by atoms with Gasteiger partial charge in [-0.05, 0) is 19.9 Å². The lowest BCUT2D eigenvalue weighted by Gasteiger charge is -2.39. The minimum absolute atomic E-state index is 0.0345. The van der Waals surface area contributed by atoms with Gasteiger partial charge in [0.25, 0.3) is 0 Å². The second-order valence-corrected chi connectivity index (χ2v) is 6.69. The van der Waals surface area contributed by atoms with E-state index in [4.69, 9.17) is 25.8 Å². The fourth-order valence-electron chi connectivity index (χ4n) is 3.33.